The van der Waals surface area contributed by atoms with Crippen LogP contribution in [0.15, 0.2) is 152 Å². The fraction of sp³-hybridized carbons (Fsp3) is 0.0714. The van der Waals surface area contributed by atoms with E-state index < -0.39 is 0 Å². The molecule has 1 aromatic heterocycles. The van der Waals surface area contributed by atoms with Gasteiger partial charge in [-0.3, -0.25) is 4.57 Å². The van der Waals surface area contributed by atoms with Crippen molar-refractivity contribution in [2.45, 2.75) is 20.3 Å². The second-order valence-corrected chi connectivity index (χ2v) is 10.9. The molecule has 1 aliphatic carbocycles. The molecule has 1 aliphatic rings. The zero-order chi connectivity index (χ0) is 30.5. The molecule has 2 nitrogen and oxygen atoms in total. The highest BCUT2D eigenvalue weighted by Gasteiger charge is 2.20. The zero-order valence-corrected chi connectivity index (χ0v) is 25.4. The molecule has 0 atom stereocenters. The quantitative estimate of drug-likeness (QED) is 0.171. The summed E-state index contributed by atoms with van der Waals surface area (Å²) in [5, 5.41) is 2.53. The molecule has 0 aliphatic heterocycles. The predicted octanol–water partition coefficient (Wildman–Crippen LogP) is 8.99. The molecule has 0 amide bonds. The summed E-state index contributed by atoms with van der Waals surface area (Å²) in [4.78, 5) is 5.07. The minimum absolute atomic E-state index is 0.840. The van der Waals surface area contributed by atoms with Gasteiger partial charge in [0, 0.05) is 11.3 Å². The van der Waals surface area contributed by atoms with Gasteiger partial charge in [-0.1, -0.05) is 140 Å². The fourth-order valence-electron chi connectivity index (χ4n) is 6.00. The first-order valence-corrected chi connectivity index (χ1v) is 15.0. The fourth-order valence-corrected chi connectivity index (χ4v) is 6.00. The van der Waals surface area contributed by atoms with Gasteiger partial charge in [0.2, 0.25) is 0 Å². The van der Waals surface area contributed by atoms with Gasteiger partial charge in [0.1, 0.15) is 5.82 Å². The van der Waals surface area contributed by atoms with Gasteiger partial charge in [0.25, 0.3) is 0 Å². The Bertz CT molecular complexity index is 2050. The monoisotopic (exact) mass is 568 g/mol. The Balaban J connectivity index is 1.55. The molecule has 0 bridgehead atoms. The van der Waals surface area contributed by atoms with Crippen LogP contribution in [0.4, 0.5) is 0 Å². The summed E-state index contributed by atoms with van der Waals surface area (Å²) in [6, 6.07) is 36.9. The topological polar surface area (TPSA) is 17.8 Å². The van der Waals surface area contributed by atoms with E-state index in [0.717, 1.165) is 34.9 Å². The number of aromatic nitrogens is 2. The van der Waals surface area contributed by atoms with Gasteiger partial charge in [0.15, 0.2) is 0 Å². The van der Waals surface area contributed by atoms with Crippen molar-refractivity contribution in [1.82, 2.24) is 9.55 Å². The number of nitrogens with zero attached hydrogens (tertiary/aromatic N) is 2. The Kier molecular flexibility index (Phi) is 8.34. The van der Waals surface area contributed by atoms with Gasteiger partial charge in [-0.15, -0.1) is 0 Å². The minimum atomic E-state index is 0.840. The van der Waals surface area contributed by atoms with Crippen LogP contribution in [0, 0.1) is 6.92 Å². The lowest BCUT2D eigenvalue weighted by molar-refractivity contribution is 1.05. The normalized spacial score (nSPS) is 14.0. The second-order valence-electron chi connectivity index (χ2n) is 10.9. The number of rotatable bonds is 8. The first-order chi connectivity index (χ1) is 21.6. The lowest BCUT2D eigenvalue weighted by Crippen LogP contribution is -2.33. The van der Waals surface area contributed by atoms with Gasteiger partial charge >= 0.3 is 0 Å². The zero-order valence-electron chi connectivity index (χ0n) is 25.4. The number of aryl methyl sites for hydroxylation is 1. The first kappa shape index (κ1) is 28.6. The van der Waals surface area contributed by atoms with Crippen LogP contribution in [-0.2, 0) is 0 Å². The van der Waals surface area contributed by atoms with Crippen molar-refractivity contribution >= 4 is 23.3 Å². The van der Waals surface area contributed by atoms with Crippen LogP contribution in [0.2, 0.25) is 0 Å². The molecule has 0 N–H and O–H groups in total. The van der Waals surface area contributed by atoms with Gasteiger partial charge in [-0.25, -0.2) is 4.98 Å². The Morgan fingerprint density at radius 2 is 1.39 bits per heavy atom. The molecule has 5 aromatic rings. The third kappa shape index (κ3) is 5.50. The van der Waals surface area contributed by atoms with Crippen LogP contribution < -0.4 is 10.4 Å². The average Bonchev–Trinajstić information content (AvgIpc) is 3.43. The van der Waals surface area contributed by atoms with Gasteiger partial charge < -0.3 is 0 Å². The SMILES string of the molecule is C=C/C=C\C=C1/CC(c2ccc(C)cc2)=c2ccccc2=C1c1ccc(-c2nc(/C=C\C)c(C=C)n2-c2ccccc2)cc1. The number of para-hydroxylation sites is 1. The van der Waals surface area contributed by atoms with Gasteiger partial charge in [-0.05, 0) is 82.8 Å². The van der Waals surface area contributed by atoms with Crippen LogP contribution in [0.3, 0.4) is 0 Å². The lowest BCUT2D eigenvalue weighted by Gasteiger charge is -2.21. The van der Waals surface area contributed by atoms with Crippen LogP contribution >= 0.6 is 0 Å². The molecule has 44 heavy (non-hydrogen) atoms. The summed E-state index contributed by atoms with van der Waals surface area (Å²) in [7, 11) is 0. The highest BCUT2D eigenvalue weighted by Crippen LogP contribution is 2.33. The van der Waals surface area contributed by atoms with E-state index >= 15 is 0 Å². The molecule has 0 spiro atoms. The van der Waals surface area contributed by atoms with E-state index in [0.29, 0.717) is 0 Å². The Morgan fingerprint density at radius 3 is 2.07 bits per heavy atom. The number of allylic oxidation sites excluding steroid dienone is 6. The number of hydrogen-bond acceptors (Lipinski definition) is 1. The van der Waals surface area contributed by atoms with Crippen molar-refractivity contribution in [3.63, 3.8) is 0 Å². The Hall–Kier alpha value is -5.47. The average molecular weight is 569 g/mol. The highest BCUT2D eigenvalue weighted by atomic mass is 15.1. The third-order valence-electron chi connectivity index (χ3n) is 8.06. The molecule has 0 unspecified atom stereocenters. The molecule has 6 rings (SSSR count). The van der Waals surface area contributed by atoms with Crippen LogP contribution in [0.5, 0.6) is 0 Å². The molecule has 214 valence electrons. The maximum atomic E-state index is 5.07. The number of hydrogen-bond donors (Lipinski definition) is 0. The second kappa shape index (κ2) is 12.8. The van der Waals surface area contributed by atoms with E-state index in [2.05, 4.69) is 134 Å². The lowest BCUT2D eigenvalue weighted by atomic mass is 9.82. The summed E-state index contributed by atoms with van der Waals surface area (Å²) in [5.41, 5.74) is 11.6. The van der Waals surface area contributed by atoms with E-state index in [1.54, 1.807) is 0 Å². The van der Waals surface area contributed by atoms with E-state index in [1.807, 2.05) is 43.4 Å². The van der Waals surface area contributed by atoms with Crippen molar-refractivity contribution in [1.29, 1.82) is 0 Å². The van der Waals surface area contributed by atoms with Crippen LogP contribution in [-0.4, -0.2) is 9.55 Å². The summed E-state index contributed by atoms with van der Waals surface area (Å²) in [5.74, 6) is 0.888. The smallest absolute Gasteiger partial charge is 0.145 e. The van der Waals surface area contributed by atoms with E-state index in [9.17, 15) is 0 Å². The predicted molar refractivity (Wildman–Crippen MR) is 188 cm³/mol. The molecular weight excluding hydrogens is 532 g/mol. The molecule has 2 heteroatoms. The van der Waals surface area contributed by atoms with Crippen molar-refractivity contribution in [3.8, 4) is 17.1 Å². The van der Waals surface area contributed by atoms with Crippen molar-refractivity contribution < 1.29 is 0 Å². The van der Waals surface area contributed by atoms with E-state index in [1.165, 1.54) is 43.8 Å². The molecule has 0 saturated carbocycles. The molecule has 4 aromatic carbocycles. The Morgan fingerprint density at radius 1 is 0.727 bits per heavy atom. The van der Waals surface area contributed by atoms with Crippen LogP contribution in [0.25, 0.3) is 40.4 Å². The summed E-state index contributed by atoms with van der Waals surface area (Å²) >= 11 is 0. The van der Waals surface area contributed by atoms with Gasteiger partial charge in [-0.2, -0.15) is 0 Å². The number of imidazole rings is 1. The van der Waals surface area contributed by atoms with Crippen LogP contribution in [0.1, 0.15) is 41.4 Å². The van der Waals surface area contributed by atoms with Gasteiger partial charge in [0.05, 0.1) is 11.4 Å². The highest BCUT2D eigenvalue weighted by molar-refractivity contribution is 5.87. The molecular formula is C42H36N2. The number of benzene rings is 4. The maximum Gasteiger partial charge on any atom is 0.145 e. The standard InChI is InChI=1S/C42H36N2/c1-5-8-10-16-34-29-38(31-23-21-30(4)22-24-31)36-19-13-14-20-37(36)41(34)32-25-27-33(28-26-32)42-43-39(15-6-2)40(7-3)44(42)35-17-11-9-12-18-35/h5-28H,1,3,29H2,2,4H3/b10-8-,15-6-,34-16+. The summed E-state index contributed by atoms with van der Waals surface area (Å²) in [6.45, 7) is 12.1. The van der Waals surface area contributed by atoms with E-state index in [4.69, 9.17) is 4.98 Å². The van der Waals surface area contributed by atoms with Crippen molar-refractivity contribution in [3.05, 3.63) is 191 Å². The summed E-state index contributed by atoms with van der Waals surface area (Å²) < 4.78 is 2.19. The largest absolute Gasteiger partial charge is 0.292 e. The van der Waals surface area contributed by atoms with E-state index in [-0.39, 0.29) is 0 Å². The summed E-state index contributed by atoms with van der Waals surface area (Å²) in [6.07, 6.45) is 14.9. The molecule has 0 radical (unpaired) electrons. The van der Waals surface area contributed by atoms with Crippen molar-refractivity contribution in [2.75, 3.05) is 0 Å². The molecule has 0 saturated heterocycles. The molecule has 1 heterocycles. The third-order valence-corrected chi connectivity index (χ3v) is 8.06. The van der Waals surface area contributed by atoms with Crippen molar-refractivity contribution in [2.24, 2.45) is 0 Å². The maximum absolute atomic E-state index is 5.07. The molecule has 0 fully saturated rings. The minimum Gasteiger partial charge on any atom is -0.292 e. The Labute approximate surface area is 260 Å². The number of fused-ring (bicyclic) bond motifs is 1. The first-order valence-electron chi connectivity index (χ1n) is 15.0.